The van der Waals surface area contributed by atoms with Crippen LogP contribution >= 0.6 is 0 Å². The zero-order chi connectivity index (χ0) is 20.2. The van der Waals surface area contributed by atoms with Gasteiger partial charge in [-0.3, -0.25) is 14.5 Å². The maximum atomic E-state index is 12.5. The molecule has 1 heterocycles. The first kappa shape index (κ1) is 19.4. The number of para-hydroxylation sites is 1. The highest BCUT2D eigenvalue weighted by molar-refractivity contribution is 5.94. The van der Waals surface area contributed by atoms with Crippen LogP contribution in [0.2, 0.25) is 0 Å². The zero-order valence-electron chi connectivity index (χ0n) is 16.2. The van der Waals surface area contributed by atoms with E-state index in [0.29, 0.717) is 23.1 Å². The number of aliphatic carboxylic acids is 1. The van der Waals surface area contributed by atoms with E-state index in [2.05, 4.69) is 15.2 Å². The van der Waals surface area contributed by atoms with E-state index in [1.165, 1.54) is 19.0 Å². The van der Waals surface area contributed by atoms with Crippen LogP contribution in [0.15, 0.2) is 48.7 Å². The van der Waals surface area contributed by atoms with Crippen LogP contribution in [0.3, 0.4) is 0 Å². The molecule has 7 heteroatoms. The van der Waals surface area contributed by atoms with Crippen molar-refractivity contribution in [3.63, 3.8) is 0 Å². The fourth-order valence-corrected chi connectivity index (χ4v) is 3.61. The van der Waals surface area contributed by atoms with Crippen molar-refractivity contribution in [2.75, 3.05) is 13.1 Å². The number of carboxylic acids is 1. The summed E-state index contributed by atoms with van der Waals surface area (Å²) < 4.78 is 5.64. The van der Waals surface area contributed by atoms with E-state index in [0.717, 1.165) is 19.4 Å². The second kappa shape index (κ2) is 8.61. The van der Waals surface area contributed by atoms with E-state index >= 15 is 0 Å². The highest BCUT2D eigenvalue weighted by atomic mass is 16.5. The lowest BCUT2D eigenvalue weighted by molar-refractivity contribution is -0.139. The van der Waals surface area contributed by atoms with Gasteiger partial charge in [0, 0.05) is 30.9 Å². The lowest BCUT2D eigenvalue weighted by atomic mass is 9.85. The molecule has 7 nitrogen and oxygen atoms in total. The Hall–Kier alpha value is -2.93. The number of pyridine rings is 1. The summed E-state index contributed by atoms with van der Waals surface area (Å²) >= 11 is 0. The first-order valence-corrected chi connectivity index (χ1v) is 10.0. The maximum absolute atomic E-state index is 12.5. The summed E-state index contributed by atoms with van der Waals surface area (Å²) in [6, 6.07) is 13.0. The predicted molar refractivity (Wildman–Crippen MR) is 107 cm³/mol. The van der Waals surface area contributed by atoms with Gasteiger partial charge in [0.15, 0.2) is 0 Å². The number of hydrogen-bond acceptors (Lipinski definition) is 5. The largest absolute Gasteiger partial charge is 0.480 e. The lowest BCUT2D eigenvalue weighted by Gasteiger charge is -2.42. The second-order valence-electron chi connectivity index (χ2n) is 7.86. The molecule has 0 unspecified atom stereocenters. The molecule has 1 aromatic heterocycles. The van der Waals surface area contributed by atoms with E-state index in [-0.39, 0.29) is 24.5 Å². The van der Waals surface area contributed by atoms with Gasteiger partial charge >= 0.3 is 5.97 Å². The number of amides is 1. The van der Waals surface area contributed by atoms with E-state index in [1.54, 1.807) is 12.1 Å². The molecule has 0 radical (unpaired) electrons. The number of carbonyl (C=O) groups is 2. The van der Waals surface area contributed by atoms with Crippen LogP contribution in [0.25, 0.3) is 0 Å². The van der Waals surface area contributed by atoms with Gasteiger partial charge in [-0.15, -0.1) is 0 Å². The minimum atomic E-state index is -0.790. The SMILES string of the molecule is O=C(O)CN(CC1CC1)C1CC(NC(=O)c2ccc(Oc3ccccc3)nc2)C1. The van der Waals surface area contributed by atoms with Crippen LogP contribution in [0, 0.1) is 5.92 Å². The molecule has 2 fully saturated rings. The van der Waals surface area contributed by atoms with Crippen LogP contribution in [-0.4, -0.2) is 52.0 Å². The summed E-state index contributed by atoms with van der Waals surface area (Å²) in [7, 11) is 0. The van der Waals surface area contributed by atoms with Gasteiger partial charge in [0.1, 0.15) is 5.75 Å². The van der Waals surface area contributed by atoms with Crippen molar-refractivity contribution in [3.05, 3.63) is 54.2 Å². The Bertz CT molecular complexity index is 846. The van der Waals surface area contributed by atoms with Gasteiger partial charge in [-0.05, 0) is 49.8 Å². The molecule has 2 N–H and O–H groups in total. The number of aromatic nitrogens is 1. The van der Waals surface area contributed by atoms with E-state index in [1.807, 2.05) is 30.3 Å². The molecule has 1 amide bonds. The number of ether oxygens (including phenoxy) is 1. The molecule has 1 aromatic carbocycles. The summed E-state index contributed by atoms with van der Waals surface area (Å²) in [6.45, 7) is 0.930. The van der Waals surface area contributed by atoms with Crippen LogP contribution in [0.4, 0.5) is 0 Å². The van der Waals surface area contributed by atoms with Gasteiger partial charge < -0.3 is 15.2 Å². The molecular weight excluding hydrogens is 370 g/mol. The number of hydrogen-bond donors (Lipinski definition) is 2. The van der Waals surface area contributed by atoms with Gasteiger partial charge in [-0.2, -0.15) is 0 Å². The van der Waals surface area contributed by atoms with Crippen molar-refractivity contribution in [3.8, 4) is 11.6 Å². The molecule has 152 valence electrons. The third-order valence-electron chi connectivity index (χ3n) is 5.46. The third kappa shape index (κ3) is 5.32. The minimum Gasteiger partial charge on any atom is -0.480 e. The zero-order valence-corrected chi connectivity index (χ0v) is 16.2. The standard InChI is InChI=1S/C22H25N3O4/c26-21(27)14-25(13-15-6-7-15)18-10-17(11-18)24-22(28)16-8-9-20(23-12-16)29-19-4-2-1-3-5-19/h1-5,8-9,12,15,17-18H,6-7,10-11,13-14H2,(H,24,28)(H,26,27). The molecule has 4 rings (SSSR count). The Labute approximate surface area is 169 Å². The van der Waals surface area contributed by atoms with Crippen molar-refractivity contribution < 1.29 is 19.4 Å². The van der Waals surface area contributed by atoms with Gasteiger partial charge in [0.05, 0.1) is 12.1 Å². The summed E-state index contributed by atoms with van der Waals surface area (Å²) in [4.78, 5) is 29.8. The van der Waals surface area contributed by atoms with Gasteiger partial charge in [-0.1, -0.05) is 18.2 Å². The van der Waals surface area contributed by atoms with Crippen LogP contribution in [0.5, 0.6) is 11.6 Å². The Morgan fingerprint density at radius 3 is 2.52 bits per heavy atom. The molecule has 2 aliphatic rings. The molecule has 0 aliphatic heterocycles. The highest BCUT2D eigenvalue weighted by Crippen LogP contribution is 2.33. The van der Waals surface area contributed by atoms with Crippen molar-refractivity contribution in [2.45, 2.75) is 37.8 Å². The molecule has 2 aliphatic carbocycles. The average Bonchev–Trinajstić information content (AvgIpc) is 3.49. The quantitative estimate of drug-likeness (QED) is 0.678. The lowest BCUT2D eigenvalue weighted by Crippen LogP contribution is -2.55. The number of carbonyl (C=O) groups excluding carboxylic acids is 1. The molecule has 2 saturated carbocycles. The Balaban J connectivity index is 1.26. The number of carboxylic acid groups (broad SMARTS) is 1. The predicted octanol–water partition coefficient (Wildman–Crippen LogP) is 2.93. The number of benzene rings is 1. The summed E-state index contributed by atoms with van der Waals surface area (Å²) in [6.07, 6.45) is 5.47. The molecule has 0 saturated heterocycles. The highest BCUT2D eigenvalue weighted by Gasteiger charge is 2.37. The first-order chi connectivity index (χ1) is 14.1. The normalized spacial score (nSPS) is 20.7. The van der Waals surface area contributed by atoms with E-state index in [9.17, 15) is 9.59 Å². The fourth-order valence-electron chi connectivity index (χ4n) is 3.61. The van der Waals surface area contributed by atoms with Crippen molar-refractivity contribution in [2.24, 2.45) is 5.92 Å². The smallest absolute Gasteiger partial charge is 0.317 e. The monoisotopic (exact) mass is 395 g/mol. The van der Waals surface area contributed by atoms with Gasteiger partial charge in [0.2, 0.25) is 5.88 Å². The van der Waals surface area contributed by atoms with E-state index in [4.69, 9.17) is 9.84 Å². The first-order valence-electron chi connectivity index (χ1n) is 10.0. The Morgan fingerprint density at radius 1 is 1.14 bits per heavy atom. The third-order valence-corrected chi connectivity index (χ3v) is 5.46. The number of nitrogens with one attached hydrogen (secondary N) is 1. The molecule has 0 spiro atoms. The minimum absolute atomic E-state index is 0.0724. The van der Waals surface area contributed by atoms with Crippen LogP contribution in [-0.2, 0) is 4.79 Å². The van der Waals surface area contributed by atoms with E-state index < -0.39 is 5.97 Å². The maximum Gasteiger partial charge on any atom is 0.317 e. The topological polar surface area (TPSA) is 91.8 Å². The van der Waals surface area contributed by atoms with Crippen molar-refractivity contribution >= 4 is 11.9 Å². The average molecular weight is 395 g/mol. The summed E-state index contributed by atoms with van der Waals surface area (Å²) in [5.74, 6) is 0.808. The van der Waals surface area contributed by atoms with Crippen LogP contribution < -0.4 is 10.1 Å². The summed E-state index contributed by atoms with van der Waals surface area (Å²) in [5, 5.41) is 12.1. The number of nitrogens with zero attached hydrogens (tertiary/aromatic N) is 2. The Kier molecular flexibility index (Phi) is 5.76. The van der Waals surface area contributed by atoms with Gasteiger partial charge in [0.25, 0.3) is 5.91 Å². The molecule has 29 heavy (non-hydrogen) atoms. The Morgan fingerprint density at radius 2 is 1.90 bits per heavy atom. The molecule has 2 aromatic rings. The molecule has 0 atom stereocenters. The fraction of sp³-hybridized carbons (Fsp3) is 0.409. The van der Waals surface area contributed by atoms with Gasteiger partial charge in [-0.25, -0.2) is 4.98 Å². The van der Waals surface area contributed by atoms with Crippen LogP contribution in [0.1, 0.15) is 36.0 Å². The molecular formula is C22H25N3O4. The number of rotatable bonds is 9. The molecule has 0 bridgehead atoms. The van der Waals surface area contributed by atoms with Crippen molar-refractivity contribution in [1.82, 2.24) is 15.2 Å². The van der Waals surface area contributed by atoms with Crippen molar-refractivity contribution in [1.29, 1.82) is 0 Å². The summed E-state index contributed by atoms with van der Waals surface area (Å²) in [5.41, 5.74) is 0.481. The second-order valence-corrected chi connectivity index (χ2v) is 7.86.